The van der Waals surface area contributed by atoms with E-state index in [-0.39, 0.29) is 11.3 Å². The Morgan fingerprint density at radius 1 is 1.04 bits per heavy atom. The summed E-state index contributed by atoms with van der Waals surface area (Å²) in [5.41, 5.74) is 0.561. The van der Waals surface area contributed by atoms with Gasteiger partial charge in [-0.1, -0.05) is 13.8 Å². The molecule has 0 bridgehead atoms. The molecule has 140 valence electrons. The van der Waals surface area contributed by atoms with Crippen molar-refractivity contribution in [2.75, 3.05) is 7.05 Å². The van der Waals surface area contributed by atoms with Gasteiger partial charge in [-0.2, -0.15) is 0 Å². The molecule has 1 aliphatic heterocycles. The van der Waals surface area contributed by atoms with Crippen LogP contribution < -0.4 is 5.32 Å². The summed E-state index contributed by atoms with van der Waals surface area (Å²) in [6.07, 6.45) is 9.11. The van der Waals surface area contributed by atoms with Gasteiger partial charge in [-0.15, -0.1) is 0 Å². The molecule has 1 heterocycles. The SMILES string of the molecule is CC(=O)N[C@@H]1CC[C@H]2[C@@H]3CCC4N(C)C(=O)CC[C@]4(C)[C@H]3CC[C@]12C. The van der Waals surface area contributed by atoms with E-state index in [9.17, 15) is 9.59 Å². The van der Waals surface area contributed by atoms with Crippen molar-refractivity contribution in [2.24, 2.45) is 28.6 Å². The normalized spacial score (nSPS) is 49.2. The third-order valence-electron chi connectivity index (χ3n) is 8.93. The second kappa shape index (κ2) is 5.72. The van der Waals surface area contributed by atoms with E-state index in [1.54, 1.807) is 6.92 Å². The third kappa shape index (κ3) is 2.39. The smallest absolute Gasteiger partial charge is 0.222 e. The highest BCUT2D eigenvalue weighted by Crippen LogP contribution is 2.64. The molecule has 0 aromatic rings. The molecular weight excluding hydrogens is 312 g/mol. The van der Waals surface area contributed by atoms with Gasteiger partial charge in [0.1, 0.15) is 0 Å². The van der Waals surface area contributed by atoms with Crippen molar-refractivity contribution in [1.82, 2.24) is 10.2 Å². The van der Waals surface area contributed by atoms with E-state index in [1.165, 1.54) is 25.7 Å². The number of fused-ring (bicyclic) bond motifs is 5. The number of rotatable bonds is 1. The van der Waals surface area contributed by atoms with Gasteiger partial charge in [-0.05, 0) is 73.5 Å². The minimum atomic E-state index is 0.122. The molecule has 4 aliphatic rings. The number of nitrogens with zero attached hydrogens (tertiary/aromatic N) is 1. The van der Waals surface area contributed by atoms with Gasteiger partial charge in [0.05, 0.1) is 0 Å². The number of piperidine rings is 1. The van der Waals surface area contributed by atoms with E-state index in [1.807, 2.05) is 7.05 Å². The highest BCUT2D eigenvalue weighted by atomic mass is 16.2. The Balaban J connectivity index is 1.60. The fourth-order valence-corrected chi connectivity index (χ4v) is 7.63. The quantitative estimate of drug-likeness (QED) is 0.791. The molecule has 7 atom stereocenters. The molecular formula is C21H34N2O2. The highest BCUT2D eigenvalue weighted by molar-refractivity contribution is 5.77. The summed E-state index contributed by atoms with van der Waals surface area (Å²) in [4.78, 5) is 25.9. The number of hydrogen-bond donors (Lipinski definition) is 1. The predicted molar refractivity (Wildman–Crippen MR) is 97.8 cm³/mol. The minimum Gasteiger partial charge on any atom is -0.353 e. The zero-order valence-electron chi connectivity index (χ0n) is 16.3. The lowest BCUT2D eigenvalue weighted by Gasteiger charge is -2.61. The van der Waals surface area contributed by atoms with Crippen LogP contribution in [0.25, 0.3) is 0 Å². The molecule has 25 heavy (non-hydrogen) atoms. The van der Waals surface area contributed by atoms with Crippen LogP contribution in [0, 0.1) is 28.6 Å². The molecule has 3 saturated carbocycles. The van der Waals surface area contributed by atoms with Gasteiger partial charge >= 0.3 is 0 Å². The number of hydrogen-bond acceptors (Lipinski definition) is 2. The van der Waals surface area contributed by atoms with Gasteiger partial charge in [0.25, 0.3) is 0 Å². The van der Waals surface area contributed by atoms with Gasteiger partial charge in [0.15, 0.2) is 0 Å². The zero-order valence-corrected chi connectivity index (χ0v) is 16.3. The lowest BCUT2D eigenvalue weighted by Crippen LogP contribution is -2.62. The van der Waals surface area contributed by atoms with Gasteiger partial charge in [0, 0.05) is 32.5 Å². The molecule has 1 N–H and O–H groups in total. The highest BCUT2D eigenvalue weighted by Gasteiger charge is 2.61. The number of amides is 2. The summed E-state index contributed by atoms with van der Waals surface area (Å²) in [5, 5.41) is 3.26. The Kier molecular flexibility index (Phi) is 3.97. The van der Waals surface area contributed by atoms with Crippen LogP contribution in [0.2, 0.25) is 0 Å². The van der Waals surface area contributed by atoms with Crippen molar-refractivity contribution in [1.29, 1.82) is 0 Å². The van der Waals surface area contributed by atoms with Crippen LogP contribution in [0.4, 0.5) is 0 Å². The number of nitrogens with one attached hydrogen (secondary N) is 1. The molecule has 1 unspecified atom stereocenters. The zero-order chi connectivity index (χ0) is 18.0. The maximum atomic E-state index is 12.2. The van der Waals surface area contributed by atoms with Crippen LogP contribution >= 0.6 is 0 Å². The average Bonchev–Trinajstić information content (AvgIpc) is 2.88. The summed E-state index contributed by atoms with van der Waals surface area (Å²) in [7, 11) is 2.03. The van der Waals surface area contributed by atoms with E-state index < -0.39 is 0 Å². The van der Waals surface area contributed by atoms with Crippen molar-refractivity contribution in [3.05, 3.63) is 0 Å². The van der Waals surface area contributed by atoms with E-state index in [0.717, 1.165) is 43.4 Å². The van der Waals surface area contributed by atoms with Gasteiger partial charge in [-0.3, -0.25) is 9.59 Å². The summed E-state index contributed by atoms with van der Waals surface area (Å²) in [6, 6.07) is 0.795. The first-order valence-corrected chi connectivity index (χ1v) is 10.3. The number of carbonyl (C=O) groups excluding carboxylic acids is 2. The third-order valence-corrected chi connectivity index (χ3v) is 8.93. The Bertz CT molecular complexity index is 590. The average molecular weight is 347 g/mol. The topological polar surface area (TPSA) is 49.4 Å². The minimum absolute atomic E-state index is 0.122. The van der Waals surface area contributed by atoms with E-state index in [4.69, 9.17) is 0 Å². The Morgan fingerprint density at radius 3 is 2.48 bits per heavy atom. The van der Waals surface area contributed by atoms with Crippen LogP contribution in [0.15, 0.2) is 0 Å². The molecule has 0 radical (unpaired) electrons. The van der Waals surface area contributed by atoms with Crippen molar-refractivity contribution < 1.29 is 9.59 Å². The van der Waals surface area contributed by atoms with Crippen molar-refractivity contribution in [2.45, 2.75) is 84.2 Å². The fourth-order valence-electron chi connectivity index (χ4n) is 7.63. The Labute approximate surface area is 152 Å². The molecule has 3 aliphatic carbocycles. The predicted octanol–water partition coefficient (Wildman–Crippen LogP) is 3.35. The van der Waals surface area contributed by atoms with Crippen molar-refractivity contribution in [3.63, 3.8) is 0 Å². The van der Waals surface area contributed by atoms with Gasteiger partial charge in [-0.25, -0.2) is 0 Å². The summed E-state index contributed by atoms with van der Waals surface area (Å²) in [6.45, 7) is 6.57. The van der Waals surface area contributed by atoms with Crippen LogP contribution in [0.3, 0.4) is 0 Å². The molecule has 4 heteroatoms. The molecule has 1 saturated heterocycles. The number of likely N-dealkylation sites (tertiary alicyclic amines) is 1. The van der Waals surface area contributed by atoms with E-state index >= 15 is 0 Å². The molecule has 0 aromatic carbocycles. The summed E-state index contributed by atoms with van der Waals surface area (Å²) >= 11 is 0. The maximum Gasteiger partial charge on any atom is 0.222 e. The Hall–Kier alpha value is -1.06. The van der Waals surface area contributed by atoms with Crippen LogP contribution in [0.5, 0.6) is 0 Å². The first-order chi connectivity index (χ1) is 11.8. The maximum absolute atomic E-state index is 12.2. The second-order valence-electron chi connectivity index (χ2n) is 9.86. The monoisotopic (exact) mass is 346 g/mol. The lowest BCUT2D eigenvalue weighted by molar-refractivity contribution is -0.157. The largest absolute Gasteiger partial charge is 0.353 e. The molecule has 4 nitrogen and oxygen atoms in total. The fraction of sp³-hybridized carbons (Fsp3) is 0.905. The summed E-state index contributed by atoms with van der Waals surface area (Å²) < 4.78 is 0. The first kappa shape index (κ1) is 17.4. The molecule has 4 rings (SSSR count). The van der Waals surface area contributed by atoms with Crippen LogP contribution in [-0.2, 0) is 9.59 Å². The first-order valence-electron chi connectivity index (χ1n) is 10.3. The van der Waals surface area contributed by atoms with Crippen LogP contribution in [0.1, 0.15) is 72.1 Å². The van der Waals surface area contributed by atoms with Gasteiger partial charge < -0.3 is 10.2 Å². The second-order valence-corrected chi connectivity index (χ2v) is 9.86. The van der Waals surface area contributed by atoms with Crippen molar-refractivity contribution >= 4 is 11.8 Å². The Morgan fingerprint density at radius 2 is 1.76 bits per heavy atom. The van der Waals surface area contributed by atoms with Gasteiger partial charge in [0.2, 0.25) is 11.8 Å². The molecule has 0 spiro atoms. The van der Waals surface area contributed by atoms with Crippen molar-refractivity contribution in [3.8, 4) is 0 Å². The molecule has 0 aromatic heterocycles. The number of carbonyl (C=O) groups is 2. The standard InChI is InChI=1S/C21H34N2O2/c1-13(24)22-17-7-6-15-14-5-8-18-21(3,12-10-19(25)23(18)4)16(14)9-11-20(15,17)2/h14-18H,5-12H2,1-4H3,(H,22,24)/t14-,15-,16-,17+,18?,20-,21+/m0/s1. The lowest BCUT2D eigenvalue weighted by atomic mass is 9.47. The van der Waals surface area contributed by atoms with Crippen LogP contribution in [-0.4, -0.2) is 35.8 Å². The van der Waals surface area contributed by atoms with E-state index in [2.05, 4.69) is 24.1 Å². The molecule has 2 amide bonds. The molecule has 4 fully saturated rings. The van der Waals surface area contributed by atoms with E-state index in [0.29, 0.717) is 23.4 Å². The summed E-state index contributed by atoms with van der Waals surface area (Å²) in [5.74, 6) is 2.73.